The van der Waals surface area contributed by atoms with Crippen LogP contribution in [0.3, 0.4) is 0 Å². The van der Waals surface area contributed by atoms with Gasteiger partial charge in [-0.2, -0.15) is 0 Å². The Balaban J connectivity index is 2.28. The van der Waals surface area contributed by atoms with Crippen molar-refractivity contribution in [3.8, 4) is 11.5 Å². The number of aromatic nitrogens is 1. The number of nitrogens with one attached hydrogen (secondary N) is 1. The normalized spacial score (nSPS) is 23.3. The molecule has 1 amide bonds. The molecule has 1 aromatic heterocycles. The number of hydrogen-bond donors (Lipinski definition) is 2. The molecule has 0 radical (unpaired) electrons. The number of methoxy groups -OCH3 is 1. The van der Waals surface area contributed by atoms with Crippen LogP contribution in [0.15, 0.2) is 24.9 Å². The molecule has 0 spiro atoms. The Bertz CT molecular complexity index is 915. The Morgan fingerprint density at radius 2 is 2.06 bits per heavy atom. The maximum atomic E-state index is 12.8. The SMILES string of the molecule is C=CCC1C(=O)OCC(NC(=O)c2nccc(OC)c2O)C(=O)OC(C)C1OC(=O)C(C)C. The van der Waals surface area contributed by atoms with Crippen molar-refractivity contribution in [2.75, 3.05) is 13.7 Å². The number of carbonyl (C=O) groups is 4. The second-order valence-electron chi connectivity index (χ2n) is 7.70. The van der Waals surface area contributed by atoms with Gasteiger partial charge in [0.05, 0.1) is 13.0 Å². The van der Waals surface area contributed by atoms with E-state index in [0.29, 0.717) is 0 Å². The molecule has 2 heterocycles. The van der Waals surface area contributed by atoms with Crippen LogP contribution in [-0.4, -0.2) is 65.9 Å². The van der Waals surface area contributed by atoms with Crippen LogP contribution in [0.5, 0.6) is 11.5 Å². The number of ether oxygens (including phenoxy) is 4. The minimum atomic E-state index is -1.40. The third-order valence-corrected chi connectivity index (χ3v) is 4.91. The number of aromatic hydroxyl groups is 1. The van der Waals surface area contributed by atoms with Gasteiger partial charge in [-0.1, -0.05) is 19.9 Å². The van der Waals surface area contributed by atoms with Gasteiger partial charge in [0.15, 0.2) is 29.3 Å². The summed E-state index contributed by atoms with van der Waals surface area (Å²) in [7, 11) is 1.30. The predicted molar refractivity (Wildman–Crippen MR) is 113 cm³/mol. The van der Waals surface area contributed by atoms with Gasteiger partial charge >= 0.3 is 17.9 Å². The molecular weight excluding hydrogens is 436 g/mol. The molecule has 1 aliphatic rings. The van der Waals surface area contributed by atoms with E-state index in [0.717, 1.165) is 0 Å². The maximum absolute atomic E-state index is 12.8. The Hall–Kier alpha value is -3.63. The molecule has 2 rings (SSSR count). The summed E-state index contributed by atoms with van der Waals surface area (Å²) < 4.78 is 21.1. The van der Waals surface area contributed by atoms with Gasteiger partial charge in [0, 0.05) is 12.3 Å². The van der Waals surface area contributed by atoms with Crippen molar-refractivity contribution in [3.05, 3.63) is 30.6 Å². The molecule has 1 fully saturated rings. The topological polar surface area (TPSA) is 150 Å². The van der Waals surface area contributed by atoms with Crippen molar-refractivity contribution in [3.63, 3.8) is 0 Å². The molecule has 0 aliphatic carbocycles. The average Bonchev–Trinajstić information content (AvgIpc) is 2.80. The van der Waals surface area contributed by atoms with Gasteiger partial charge in [-0.15, -0.1) is 6.58 Å². The highest BCUT2D eigenvalue weighted by Crippen LogP contribution is 2.28. The first-order valence-electron chi connectivity index (χ1n) is 10.3. The molecule has 0 saturated carbocycles. The number of rotatable bonds is 7. The first-order valence-corrected chi connectivity index (χ1v) is 10.3. The van der Waals surface area contributed by atoms with E-state index in [9.17, 15) is 24.3 Å². The fourth-order valence-corrected chi connectivity index (χ4v) is 3.09. The number of esters is 3. The molecule has 0 aromatic carbocycles. The fraction of sp³-hybridized carbons (Fsp3) is 0.500. The fourth-order valence-electron chi connectivity index (χ4n) is 3.09. The number of allylic oxidation sites excluding steroid dienone is 1. The largest absolute Gasteiger partial charge is 0.503 e. The van der Waals surface area contributed by atoms with E-state index < -0.39 is 72.0 Å². The second kappa shape index (κ2) is 11.3. The molecule has 0 bridgehead atoms. The lowest BCUT2D eigenvalue weighted by Crippen LogP contribution is -2.46. The van der Waals surface area contributed by atoms with E-state index in [4.69, 9.17) is 18.9 Å². The highest BCUT2D eigenvalue weighted by molar-refractivity contribution is 5.98. The molecule has 33 heavy (non-hydrogen) atoms. The molecular formula is C22H28N2O9. The van der Waals surface area contributed by atoms with Crippen LogP contribution in [0.1, 0.15) is 37.7 Å². The van der Waals surface area contributed by atoms with Crippen molar-refractivity contribution < 1.29 is 43.2 Å². The molecule has 180 valence electrons. The Kier molecular flexibility index (Phi) is 8.78. The van der Waals surface area contributed by atoms with Crippen molar-refractivity contribution >= 4 is 23.8 Å². The molecule has 4 unspecified atom stereocenters. The van der Waals surface area contributed by atoms with E-state index >= 15 is 0 Å². The summed E-state index contributed by atoms with van der Waals surface area (Å²) >= 11 is 0. The summed E-state index contributed by atoms with van der Waals surface area (Å²) in [5.74, 6) is -5.11. The van der Waals surface area contributed by atoms with Crippen LogP contribution in [0, 0.1) is 11.8 Å². The van der Waals surface area contributed by atoms with Crippen LogP contribution in [-0.2, 0) is 28.6 Å². The molecule has 11 heteroatoms. The average molecular weight is 464 g/mol. The molecule has 2 N–H and O–H groups in total. The number of amides is 1. The molecule has 4 atom stereocenters. The number of hydrogen-bond acceptors (Lipinski definition) is 10. The van der Waals surface area contributed by atoms with Crippen LogP contribution in [0.4, 0.5) is 0 Å². The summed E-state index contributed by atoms with van der Waals surface area (Å²) in [6, 6.07) is -0.0532. The van der Waals surface area contributed by atoms with Gasteiger partial charge in [0.25, 0.3) is 5.91 Å². The number of pyridine rings is 1. The molecule has 1 aromatic rings. The summed E-state index contributed by atoms with van der Waals surface area (Å²) in [5.41, 5.74) is -0.394. The molecule has 1 aliphatic heterocycles. The summed E-state index contributed by atoms with van der Waals surface area (Å²) in [6.45, 7) is 7.80. The lowest BCUT2D eigenvalue weighted by Gasteiger charge is -2.29. The van der Waals surface area contributed by atoms with E-state index in [1.54, 1.807) is 13.8 Å². The second-order valence-corrected chi connectivity index (χ2v) is 7.70. The Morgan fingerprint density at radius 1 is 1.36 bits per heavy atom. The number of cyclic esters (lactones) is 2. The smallest absolute Gasteiger partial charge is 0.332 e. The zero-order valence-electron chi connectivity index (χ0n) is 18.9. The highest BCUT2D eigenvalue weighted by atomic mass is 16.6. The maximum Gasteiger partial charge on any atom is 0.332 e. The molecule has 1 saturated heterocycles. The third kappa shape index (κ3) is 6.21. The van der Waals surface area contributed by atoms with Gasteiger partial charge < -0.3 is 29.4 Å². The zero-order chi connectivity index (χ0) is 24.7. The first kappa shape index (κ1) is 25.6. The van der Waals surface area contributed by atoms with Gasteiger partial charge in [-0.3, -0.25) is 14.4 Å². The standard InChI is InChI=1S/C22H28N2O9/c1-6-7-13-18(33-20(27)11(2)3)12(4)32-22(29)14(10-31-21(13)28)24-19(26)16-17(25)15(30-5)8-9-23-16/h6,8-9,11-14,18,25H,1,7,10H2,2-5H3,(H,24,26). The highest BCUT2D eigenvalue weighted by Gasteiger charge is 2.41. The zero-order valence-corrected chi connectivity index (χ0v) is 18.9. The van der Waals surface area contributed by atoms with Gasteiger partial charge in [-0.05, 0) is 13.3 Å². The van der Waals surface area contributed by atoms with E-state index in [-0.39, 0.29) is 12.2 Å². The lowest BCUT2D eigenvalue weighted by atomic mass is 9.94. The number of carbonyl (C=O) groups excluding carboxylic acids is 4. The van der Waals surface area contributed by atoms with Crippen LogP contribution in [0.25, 0.3) is 0 Å². The lowest BCUT2D eigenvalue weighted by molar-refractivity contribution is -0.176. The van der Waals surface area contributed by atoms with E-state index in [1.165, 1.54) is 32.4 Å². The van der Waals surface area contributed by atoms with Crippen LogP contribution in [0.2, 0.25) is 0 Å². The summed E-state index contributed by atoms with van der Waals surface area (Å²) in [4.78, 5) is 54.1. The quantitative estimate of drug-likeness (QED) is 0.341. The summed E-state index contributed by atoms with van der Waals surface area (Å²) in [6.07, 6.45) is 0.664. The van der Waals surface area contributed by atoms with Crippen molar-refractivity contribution in [2.45, 2.75) is 45.4 Å². The Labute approximate surface area is 191 Å². The van der Waals surface area contributed by atoms with Gasteiger partial charge in [0.2, 0.25) is 0 Å². The van der Waals surface area contributed by atoms with Crippen molar-refractivity contribution in [1.29, 1.82) is 0 Å². The first-order chi connectivity index (χ1) is 15.6. The third-order valence-electron chi connectivity index (χ3n) is 4.91. The minimum Gasteiger partial charge on any atom is -0.503 e. The van der Waals surface area contributed by atoms with Crippen LogP contribution < -0.4 is 10.1 Å². The van der Waals surface area contributed by atoms with E-state index in [1.807, 2.05) is 0 Å². The van der Waals surface area contributed by atoms with Crippen molar-refractivity contribution in [1.82, 2.24) is 10.3 Å². The number of nitrogens with zero attached hydrogens (tertiary/aromatic N) is 1. The minimum absolute atomic E-state index is 0.00863. The summed E-state index contributed by atoms with van der Waals surface area (Å²) in [5, 5.41) is 12.5. The van der Waals surface area contributed by atoms with E-state index in [2.05, 4.69) is 16.9 Å². The monoisotopic (exact) mass is 464 g/mol. The molecule has 11 nitrogen and oxygen atoms in total. The van der Waals surface area contributed by atoms with Crippen LogP contribution >= 0.6 is 0 Å². The predicted octanol–water partition coefficient (Wildman–Crippen LogP) is 1.14. The van der Waals surface area contributed by atoms with Gasteiger partial charge in [-0.25, -0.2) is 9.78 Å². The van der Waals surface area contributed by atoms with Crippen molar-refractivity contribution in [2.24, 2.45) is 11.8 Å². The Morgan fingerprint density at radius 3 is 2.67 bits per heavy atom. The van der Waals surface area contributed by atoms with Gasteiger partial charge in [0.1, 0.15) is 18.6 Å².